The van der Waals surface area contributed by atoms with Crippen LogP contribution >= 0.6 is 34.9 Å². The van der Waals surface area contributed by atoms with Gasteiger partial charge in [0.15, 0.2) is 16.5 Å². The summed E-state index contributed by atoms with van der Waals surface area (Å²) in [6, 6.07) is 5.75. The molecule has 1 aromatic carbocycles. The Hall–Kier alpha value is -3.23. The molecule has 2 aliphatic heterocycles. The van der Waals surface area contributed by atoms with Gasteiger partial charge in [0.1, 0.15) is 24.6 Å². The molecule has 3 heterocycles. The number of carboxylic acid groups (broad SMARTS) is 1. The Kier molecular flexibility index (Phi) is 7.00. The van der Waals surface area contributed by atoms with Crippen LogP contribution in [0.5, 0.6) is 5.75 Å². The number of hydrogen-bond donors (Lipinski definition) is 3. The summed E-state index contributed by atoms with van der Waals surface area (Å²) in [5.74, 6) is -1.31. The highest BCUT2D eigenvalue weighted by Gasteiger charge is 2.54. The van der Waals surface area contributed by atoms with Gasteiger partial charge in [-0.25, -0.2) is 9.78 Å². The number of nitrogens with two attached hydrogens (primary N) is 1. The molecule has 34 heavy (non-hydrogen) atoms. The minimum atomic E-state index is -1.22. The largest absolute Gasteiger partial charge is 0.497 e. The number of carbonyl (C=O) groups excluding carboxylic acids is 2. The number of anilines is 1. The molecule has 2 aromatic rings. The second-order valence-electron chi connectivity index (χ2n) is 6.95. The van der Waals surface area contributed by atoms with Gasteiger partial charge in [0.2, 0.25) is 0 Å². The second-order valence-corrected chi connectivity index (χ2v) is 10.2. The standard InChI is InChI=1S/C20H19N5O6S3/c1-30-9-3-5-10(6-4-9)34-19-15(18(28)29)25-12(8-32-19)14(17(25)27)23-16(26)13(24-31-2)11-7-33-20(21)22-11/h3-7,12,14H,8H2,1-2H3,(H2,21,22)(H,23,26)(H,28,29). The number of nitrogen functional groups attached to an aromatic ring is 1. The van der Waals surface area contributed by atoms with Crippen molar-refractivity contribution in [3.05, 3.63) is 45.3 Å². The number of nitrogens with zero attached hydrogens (tertiary/aromatic N) is 3. The van der Waals surface area contributed by atoms with Crippen molar-refractivity contribution in [2.24, 2.45) is 5.16 Å². The topological polar surface area (TPSA) is 156 Å². The zero-order valence-electron chi connectivity index (χ0n) is 17.9. The van der Waals surface area contributed by atoms with Gasteiger partial charge < -0.3 is 25.7 Å². The molecule has 1 aromatic heterocycles. The number of carbonyl (C=O) groups is 3. The van der Waals surface area contributed by atoms with Crippen LogP contribution in [0.3, 0.4) is 0 Å². The van der Waals surface area contributed by atoms with Gasteiger partial charge in [0.25, 0.3) is 11.8 Å². The molecule has 1 saturated heterocycles. The van der Waals surface area contributed by atoms with Crippen LogP contribution in [-0.2, 0) is 19.2 Å². The van der Waals surface area contributed by atoms with Crippen LogP contribution in [0.2, 0.25) is 0 Å². The zero-order chi connectivity index (χ0) is 24.4. The van der Waals surface area contributed by atoms with Gasteiger partial charge in [0, 0.05) is 16.0 Å². The van der Waals surface area contributed by atoms with Crippen molar-refractivity contribution in [2.45, 2.75) is 17.0 Å². The molecule has 0 aliphatic carbocycles. The van der Waals surface area contributed by atoms with E-state index < -0.39 is 29.9 Å². The zero-order valence-corrected chi connectivity index (χ0v) is 20.3. The molecule has 2 amide bonds. The van der Waals surface area contributed by atoms with Crippen LogP contribution in [0.4, 0.5) is 5.13 Å². The summed E-state index contributed by atoms with van der Waals surface area (Å²) >= 11 is 3.71. The fraction of sp³-hybridized carbons (Fsp3) is 0.250. The number of β-lactam (4-membered cyclic amide) rings is 1. The van der Waals surface area contributed by atoms with E-state index in [1.807, 2.05) is 12.1 Å². The van der Waals surface area contributed by atoms with E-state index in [-0.39, 0.29) is 22.2 Å². The highest BCUT2D eigenvalue weighted by Crippen LogP contribution is 2.46. The number of carboxylic acids is 1. The van der Waals surface area contributed by atoms with E-state index in [1.54, 1.807) is 24.6 Å². The number of aromatic nitrogens is 1. The van der Waals surface area contributed by atoms with E-state index in [4.69, 9.17) is 15.3 Å². The third-order valence-corrected chi connectivity index (χ3v) is 8.09. The molecule has 2 unspecified atom stereocenters. The number of benzene rings is 1. The molecule has 4 rings (SSSR count). The number of amides is 2. The lowest BCUT2D eigenvalue weighted by Gasteiger charge is -2.49. The number of fused-ring (bicyclic) bond motifs is 1. The maximum Gasteiger partial charge on any atom is 0.354 e. The first kappa shape index (κ1) is 23.9. The van der Waals surface area contributed by atoms with Crippen molar-refractivity contribution < 1.29 is 29.1 Å². The van der Waals surface area contributed by atoms with E-state index in [1.165, 1.54) is 35.5 Å². The Labute approximate surface area is 206 Å². The minimum absolute atomic E-state index is 0.101. The summed E-state index contributed by atoms with van der Waals surface area (Å²) in [5.41, 5.74) is 5.62. The SMILES string of the molecule is CON=C(C(=O)NC1C(=O)N2C(C(=O)O)=C(Sc3ccc(OC)cc3)SCC12)c1csc(N)n1. The van der Waals surface area contributed by atoms with E-state index >= 15 is 0 Å². The minimum Gasteiger partial charge on any atom is -0.497 e. The predicted octanol–water partition coefficient (Wildman–Crippen LogP) is 1.57. The van der Waals surface area contributed by atoms with Crippen molar-refractivity contribution in [3.63, 3.8) is 0 Å². The molecular formula is C20H19N5O6S3. The smallest absolute Gasteiger partial charge is 0.354 e. The molecule has 2 aliphatic rings. The lowest BCUT2D eigenvalue weighted by atomic mass is 9.95. The number of rotatable bonds is 8. The van der Waals surface area contributed by atoms with E-state index in [0.29, 0.717) is 15.7 Å². The van der Waals surface area contributed by atoms with Crippen LogP contribution in [0.15, 0.2) is 49.6 Å². The molecule has 178 valence electrons. The molecular weight excluding hydrogens is 502 g/mol. The van der Waals surface area contributed by atoms with Gasteiger partial charge in [-0.2, -0.15) is 0 Å². The first-order chi connectivity index (χ1) is 16.3. The van der Waals surface area contributed by atoms with Gasteiger partial charge in [0.05, 0.1) is 17.4 Å². The number of oxime groups is 1. The van der Waals surface area contributed by atoms with Crippen LogP contribution in [0.1, 0.15) is 5.69 Å². The highest BCUT2D eigenvalue weighted by atomic mass is 32.2. The average Bonchev–Trinajstić information content (AvgIpc) is 3.26. The molecule has 2 atom stereocenters. The fourth-order valence-corrected chi connectivity index (χ4v) is 6.43. The van der Waals surface area contributed by atoms with Gasteiger partial charge in [-0.1, -0.05) is 16.9 Å². The Bertz CT molecular complexity index is 1200. The molecule has 0 bridgehead atoms. The maximum absolute atomic E-state index is 12.9. The molecule has 4 N–H and O–H groups in total. The van der Waals surface area contributed by atoms with Crippen LogP contribution < -0.4 is 15.8 Å². The van der Waals surface area contributed by atoms with E-state index in [9.17, 15) is 19.5 Å². The summed E-state index contributed by atoms with van der Waals surface area (Å²) < 4.78 is 5.64. The first-order valence-electron chi connectivity index (χ1n) is 9.72. The van der Waals surface area contributed by atoms with Crippen LogP contribution in [-0.4, -0.2) is 70.5 Å². The van der Waals surface area contributed by atoms with Crippen molar-refractivity contribution >= 4 is 63.5 Å². The summed E-state index contributed by atoms with van der Waals surface area (Å²) in [6.45, 7) is 0. The average molecular weight is 522 g/mol. The molecule has 0 saturated carbocycles. The number of nitrogens with one attached hydrogen (secondary N) is 1. The second kappa shape index (κ2) is 9.95. The number of ether oxygens (including phenoxy) is 1. The maximum atomic E-state index is 12.9. The van der Waals surface area contributed by atoms with E-state index in [2.05, 4.69) is 15.5 Å². The predicted molar refractivity (Wildman–Crippen MR) is 129 cm³/mol. The lowest BCUT2D eigenvalue weighted by Crippen LogP contribution is -2.72. The molecule has 14 heteroatoms. The Morgan fingerprint density at radius 3 is 2.65 bits per heavy atom. The highest BCUT2D eigenvalue weighted by molar-refractivity contribution is 8.22. The van der Waals surface area contributed by atoms with Crippen molar-refractivity contribution in [3.8, 4) is 5.75 Å². The van der Waals surface area contributed by atoms with Gasteiger partial charge >= 0.3 is 5.97 Å². The summed E-state index contributed by atoms with van der Waals surface area (Å²) in [7, 11) is 2.84. The Morgan fingerprint density at radius 1 is 1.32 bits per heavy atom. The monoisotopic (exact) mass is 521 g/mol. The molecule has 0 radical (unpaired) electrons. The Balaban J connectivity index is 1.52. The van der Waals surface area contributed by atoms with E-state index in [0.717, 1.165) is 16.2 Å². The van der Waals surface area contributed by atoms with Crippen LogP contribution in [0.25, 0.3) is 0 Å². The quantitative estimate of drug-likeness (QED) is 0.265. The molecule has 1 fully saturated rings. The molecule has 11 nitrogen and oxygen atoms in total. The summed E-state index contributed by atoms with van der Waals surface area (Å²) in [5, 5.41) is 18.0. The summed E-state index contributed by atoms with van der Waals surface area (Å²) in [6.07, 6.45) is 0. The van der Waals surface area contributed by atoms with Crippen molar-refractivity contribution in [1.29, 1.82) is 0 Å². The van der Waals surface area contributed by atoms with Crippen LogP contribution in [0, 0.1) is 0 Å². The normalized spacial score (nSPS) is 19.9. The number of methoxy groups -OCH3 is 1. The van der Waals surface area contributed by atoms with Gasteiger partial charge in [-0.05, 0) is 24.3 Å². The number of thiazole rings is 1. The van der Waals surface area contributed by atoms with Gasteiger partial charge in [-0.15, -0.1) is 23.1 Å². The number of aliphatic carboxylic acids is 1. The fourth-order valence-electron chi connectivity index (χ4n) is 3.40. The third kappa shape index (κ3) is 4.56. The summed E-state index contributed by atoms with van der Waals surface area (Å²) in [4.78, 5) is 48.6. The Morgan fingerprint density at radius 2 is 2.06 bits per heavy atom. The first-order valence-corrected chi connectivity index (χ1v) is 12.4. The van der Waals surface area contributed by atoms with Crippen molar-refractivity contribution in [2.75, 3.05) is 25.7 Å². The number of thioether (sulfide) groups is 2. The van der Waals surface area contributed by atoms with Gasteiger partial charge in [-0.3, -0.25) is 14.5 Å². The number of hydrogen-bond acceptors (Lipinski definition) is 11. The van der Waals surface area contributed by atoms with Crippen molar-refractivity contribution in [1.82, 2.24) is 15.2 Å². The lowest BCUT2D eigenvalue weighted by molar-refractivity contribution is -0.153. The third-order valence-electron chi connectivity index (χ3n) is 4.96. The molecule has 0 spiro atoms.